The molecule has 1 heterocycles. The molecule has 0 aliphatic heterocycles. The summed E-state index contributed by atoms with van der Waals surface area (Å²) in [5.74, 6) is 0.359. The second-order valence-electron chi connectivity index (χ2n) is 5.23. The van der Waals surface area contributed by atoms with Crippen molar-refractivity contribution in [1.29, 1.82) is 0 Å². The van der Waals surface area contributed by atoms with Gasteiger partial charge >= 0.3 is 0 Å². The zero-order valence-electron chi connectivity index (χ0n) is 12.8. The molecule has 0 bridgehead atoms. The molecule has 0 radical (unpaired) electrons. The minimum atomic E-state index is -0.250. The van der Waals surface area contributed by atoms with Crippen molar-refractivity contribution >= 4 is 62.4 Å². The molecule has 0 fully saturated rings. The lowest BCUT2D eigenvalue weighted by Gasteiger charge is -2.10. The third kappa shape index (κ3) is 3.88. The van der Waals surface area contributed by atoms with Gasteiger partial charge in [0.05, 0.1) is 5.69 Å². The van der Waals surface area contributed by atoms with Crippen LogP contribution in [0.4, 0.5) is 5.82 Å². The number of carbonyl (C=O) groups is 1. The van der Waals surface area contributed by atoms with Crippen molar-refractivity contribution in [3.05, 3.63) is 69.4 Å². The second kappa shape index (κ2) is 7.23. The molecule has 0 saturated heterocycles. The van der Waals surface area contributed by atoms with Gasteiger partial charge in [-0.25, -0.2) is 4.98 Å². The first-order valence-electron chi connectivity index (χ1n) is 7.27. The lowest BCUT2D eigenvalue weighted by atomic mass is 10.1. The van der Waals surface area contributed by atoms with Crippen LogP contribution < -0.4 is 10.6 Å². The number of benzene rings is 2. The van der Waals surface area contributed by atoms with Crippen LogP contribution in [0.3, 0.4) is 0 Å². The molecule has 4 nitrogen and oxygen atoms in total. The van der Waals surface area contributed by atoms with Gasteiger partial charge in [0.2, 0.25) is 0 Å². The SMILES string of the molecule is Cc1nc(NC(=S)NC(=O)c2ccc3ccccc3c2)ccc1I. The molecule has 1 aromatic heterocycles. The molecule has 0 saturated carbocycles. The van der Waals surface area contributed by atoms with Crippen LogP contribution in [0, 0.1) is 10.5 Å². The van der Waals surface area contributed by atoms with E-state index in [1.165, 1.54) is 0 Å². The van der Waals surface area contributed by atoms with Gasteiger partial charge in [0.25, 0.3) is 5.91 Å². The minimum Gasteiger partial charge on any atom is -0.317 e. The topological polar surface area (TPSA) is 54.0 Å². The van der Waals surface area contributed by atoms with Crippen molar-refractivity contribution in [2.45, 2.75) is 6.92 Å². The summed E-state index contributed by atoms with van der Waals surface area (Å²) in [6, 6.07) is 17.2. The number of hydrogen-bond acceptors (Lipinski definition) is 3. The Hall–Kier alpha value is -2.06. The fourth-order valence-corrected chi connectivity index (χ4v) is 2.76. The number of aryl methyl sites for hydroxylation is 1. The number of hydrogen-bond donors (Lipinski definition) is 2. The van der Waals surface area contributed by atoms with Crippen molar-refractivity contribution in [2.24, 2.45) is 0 Å². The smallest absolute Gasteiger partial charge is 0.257 e. The molecule has 24 heavy (non-hydrogen) atoms. The zero-order chi connectivity index (χ0) is 17.1. The van der Waals surface area contributed by atoms with Crippen molar-refractivity contribution in [3.63, 3.8) is 0 Å². The van der Waals surface area contributed by atoms with E-state index in [0.29, 0.717) is 11.4 Å². The molecular weight excluding hydrogens is 433 g/mol. The summed E-state index contributed by atoms with van der Waals surface area (Å²) in [6.07, 6.45) is 0. The van der Waals surface area contributed by atoms with Crippen LogP contribution in [-0.4, -0.2) is 16.0 Å². The summed E-state index contributed by atoms with van der Waals surface area (Å²) in [4.78, 5) is 16.7. The third-order valence-electron chi connectivity index (χ3n) is 3.50. The van der Waals surface area contributed by atoms with E-state index in [4.69, 9.17) is 12.2 Å². The van der Waals surface area contributed by atoms with Crippen molar-refractivity contribution < 1.29 is 4.79 Å². The summed E-state index contributed by atoms with van der Waals surface area (Å²) >= 11 is 7.42. The molecule has 6 heteroatoms. The third-order valence-corrected chi connectivity index (χ3v) is 4.85. The summed E-state index contributed by atoms with van der Waals surface area (Å²) in [7, 11) is 0. The number of amides is 1. The van der Waals surface area contributed by atoms with Crippen LogP contribution in [0.25, 0.3) is 10.8 Å². The van der Waals surface area contributed by atoms with Crippen LogP contribution in [0.1, 0.15) is 16.1 Å². The number of halogens is 1. The molecule has 0 atom stereocenters. The Bertz CT molecular complexity index is 942. The van der Waals surface area contributed by atoms with E-state index < -0.39 is 0 Å². The van der Waals surface area contributed by atoms with Gasteiger partial charge in [-0.15, -0.1) is 0 Å². The highest BCUT2D eigenvalue weighted by molar-refractivity contribution is 14.1. The summed E-state index contributed by atoms with van der Waals surface area (Å²) in [5, 5.41) is 7.94. The maximum atomic E-state index is 12.3. The second-order valence-corrected chi connectivity index (χ2v) is 6.80. The molecule has 3 rings (SSSR count). The van der Waals surface area contributed by atoms with Crippen LogP contribution in [-0.2, 0) is 0 Å². The lowest BCUT2D eigenvalue weighted by Crippen LogP contribution is -2.34. The fourth-order valence-electron chi connectivity index (χ4n) is 2.27. The number of nitrogens with one attached hydrogen (secondary N) is 2. The molecular formula is C18H14IN3OS. The molecule has 120 valence electrons. The van der Waals surface area contributed by atoms with Gasteiger partial charge in [-0.1, -0.05) is 30.3 Å². The lowest BCUT2D eigenvalue weighted by molar-refractivity contribution is 0.0978. The van der Waals surface area contributed by atoms with E-state index in [1.807, 2.05) is 55.5 Å². The van der Waals surface area contributed by atoms with Gasteiger partial charge in [-0.3, -0.25) is 10.1 Å². The number of carbonyl (C=O) groups excluding carboxylic acids is 1. The molecule has 0 aliphatic rings. The first-order chi connectivity index (χ1) is 11.5. The Kier molecular flexibility index (Phi) is 5.06. The van der Waals surface area contributed by atoms with Crippen LogP contribution in [0.5, 0.6) is 0 Å². The predicted molar refractivity (Wildman–Crippen MR) is 109 cm³/mol. The van der Waals surface area contributed by atoms with Crippen LogP contribution in [0.15, 0.2) is 54.6 Å². The van der Waals surface area contributed by atoms with E-state index in [-0.39, 0.29) is 11.0 Å². The number of fused-ring (bicyclic) bond motifs is 1. The van der Waals surface area contributed by atoms with Gasteiger partial charge in [-0.05, 0) is 76.8 Å². The van der Waals surface area contributed by atoms with Crippen molar-refractivity contribution in [3.8, 4) is 0 Å². The summed E-state index contributed by atoms with van der Waals surface area (Å²) in [5.41, 5.74) is 1.47. The van der Waals surface area contributed by atoms with E-state index >= 15 is 0 Å². The Morgan fingerprint density at radius 2 is 1.83 bits per heavy atom. The Labute approximate surface area is 158 Å². The maximum Gasteiger partial charge on any atom is 0.257 e. The highest BCUT2D eigenvalue weighted by atomic mass is 127. The number of anilines is 1. The molecule has 0 unspecified atom stereocenters. The van der Waals surface area contributed by atoms with E-state index in [1.54, 1.807) is 6.07 Å². The molecule has 2 N–H and O–H groups in total. The molecule has 0 spiro atoms. The average Bonchev–Trinajstić information content (AvgIpc) is 2.57. The van der Waals surface area contributed by atoms with Gasteiger partial charge in [0.15, 0.2) is 5.11 Å². The zero-order valence-corrected chi connectivity index (χ0v) is 15.8. The van der Waals surface area contributed by atoms with E-state index in [0.717, 1.165) is 20.0 Å². The number of nitrogens with zero attached hydrogens (tertiary/aromatic N) is 1. The highest BCUT2D eigenvalue weighted by Crippen LogP contribution is 2.16. The monoisotopic (exact) mass is 447 g/mol. The maximum absolute atomic E-state index is 12.3. The number of pyridine rings is 1. The first kappa shape index (κ1) is 16.8. The highest BCUT2D eigenvalue weighted by Gasteiger charge is 2.09. The van der Waals surface area contributed by atoms with Crippen LogP contribution in [0.2, 0.25) is 0 Å². The van der Waals surface area contributed by atoms with E-state index in [9.17, 15) is 4.79 Å². The fraction of sp³-hybridized carbons (Fsp3) is 0.0556. The number of aromatic nitrogens is 1. The van der Waals surface area contributed by atoms with Gasteiger partial charge in [0, 0.05) is 9.13 Å². The number of thiocarbonyl (C=S) groups is 1. The Morgan fingerprint density at radius 1 is 1.08 bits per heavy atom. The quantitative estimate of drug-likeness (QED) is 0.455. The molecule has 2 aromatic carbocycles. The standard InChI is InChI=1S/C18H14IN3OS/c1-11-15(19)8-9-16(20-11)21-18(24)22-17(23)14-7-6-12-4-2-3-5-13(12)10-14/h2-10H,1H3,(H2,20,21,22,23,24). The molecule has 3 aromatic rings. The Balaban J connectivity index is 1.70. The summed E-state index contributed by atoms with van der Waals surface area (Å²) < 4.78 is 1.07. The minimum absolute atomic E-state index is 0.223. The predicted octanol–water partition coefficient (Wildman–Crippen LogP) is 4.27. The van der Waals surface area contributed by atoms with Crippen LogP contribution >= 0.6 is 34.8 Å². The largest absolute Gasteiger partial charge is 0.317 e. The summed E-state index contributed by atoms with van der Waals surface area (Å²) in [6.45, 7) is 1.92. The van der Waals surface area contributed by atoms with Gasteiger partial charge in [0.1, 0.15) is 5.82 Å². The van der Waals surface area contributed by atoms with Crippen molar-refractivity contribution in [2.75, 3.05) is 5.32 Å². The average molecular weight is 447 g/mol. The molecule has 0 aliphatic carbocycles. The Morgan fingerprint density at radius 3 is 2.58 bits per heavy atom. The van der Waals surface area contributed by atoms with Crippen molar-refractivity contribution in [1.82, 2.24) is 10.3 Å². The first-order valence-corrected chi connectivity index (χ1v) is 8.76. The van der Waals surface area contributed by atoms with Gasteiger partial charge < -0.3 is 5.32 Å². The number of rotatable bonds is 2. The van der Waals surface area contributed by atoms with Gasteiger partial charge in [-0.2, -0.15) is 0 Å². The van der Waals surface area contributed by atoms with E-state index in [2.05, 4.69) is 38.2 Å². The normalized spacial score (nSPS) is 10.4. The molecule has 1 amide bonds.